The van der Waals surface area contributed by atoms with Crippen molar-refractivity contribution >= 4 is 21.6 Å². The molecule has 0 aromatic heterocycles. The van der Waals surface area contributed by atoms with Gasteiger partial charge in [-0.2, -0.15) is 5.26 Å². The van der Waals surface area contributed by atoms with Gasteiger partial charge in [0, 0.05) is 11.0 Å². The van der Waals surface area contributed by atoms with Gasteiger partial charge in [0.25, 0.3) is 0 Å². The summed E-state index contributed by atoms with van der Waals surface area (Å²) >= 11 is 3.31. The van der Waals surface area contributed by atoms with E-state index in [0.29, 0.717) is 25.3 Å². The molecule has 1 aromatic rings. The second kappa shape index (κ2) is 7.23. The van der Waals surface area contributed by atoms with Gasteiger partial charge in [0.2, 0.25) is 0 Å². The molecule has 0 saturated heterocycles. The number of nitrogens with one attached hydrogen (secondary N) is 1. The van der Waals surface area contributed by atoms with Crippen molar-refractivity contribution in [2.75, 3.05) is 31.7 Å². The van der Waals surface area contributed by atoms with E-state index in [2.05, 4.69) is 27.3 Å². The van der Waals surface area contributed by atoms with Crippen LogP contribution >= 0.6 is 15.9 Å². The molecule has 0 spiro atoms. The van der Waals surface area contributed by atoms with E-state index in [1.165, 1.54) is 0 Å². The third kappa shape index (κ3) is 3.81. The smallest absolute Gasteiger partial charge is 0.103 e. The molecule has 0 bridgehead atoms. The normalized spacial score (nSPS) is 9.81. The van der Waals surface area contributed by atoms with Gasteiger partial charge in [-0.05, 0) is 28.1 Å². The maximum Gasteiger partial charge on any atom is 0.103 e. The second-order valence-electron chi connectivity index (χ2n) is 3.04. The minimum Gasteiger partial charge on any atom is -0.394 e. The molecule has 0 radical (unpaired) electrons. The molecule has 4 nitrogen and oxygen atoms in total. The Hall–Kier alpha value is -1.09. The van der Waals surface area contributed by atoms with Gasteiger partial charge in [-0.3, -0.25) is 0 Å². The molecule has 0 amide bonds. The van der Waals surface area contributed by atoms with Crippen LogP contribution < -0.4 is 5.32 Å². The van der Waals surface area contributed by atoms with E-state index in [1.54, 1.807) is 0 Å². The van der Waals surface area contributed by atoms with Crippen LogP contribution in [0.2, 0.25) is 0 Å². The van der Waals surface area contributed by atoms with E-state index in [-0.39, 0.29) is 6.61 Å². The quantitative estimate of drug-likeness (QED) is 0.781. The fraction of sp³-hybridized carbons (Fsp3) is 0.364. The van der Waals surface area contributed by atoms with Crippen molar-refractivity contribution in [3.05, 3.63) is 28.2 Å². The Labute approximate surface area is 103 Å². The zero-order valence-electron chi connectivity index (χ0n) is 8.74. The molecule has 5 heteroatoms. The number of aliphatic hydroxyl groups excluding tert-OH is 1. The molecular weight excluding hydrogens is 272 g/mol. The monoisotopic (exact) mass is 284 g/mol. The van der Waals surface area contributed by atoms with Crippen LogP contribution in [0.5, 0.6) is 0 Å². The van der Waals surface area contributed by atoms with Gasteiger partial charge in [0.05, 0.1) is 31.1 Å². The molecule has 0 aliphatic rings. The Bertz CT molecular complexity index is 377. The van der Waals surface area contributed by atoms with E-state index in [9.17, 15) is 0 Å². The third-order valence-corrected chi connectivity index (χ3v) is 2.58. The molecule has 0 aliphatic heterocycles. The largest absolute Gasteiger partial charge is 0.394 e. The molecule has 0 fully saturated rings. The first-order valence-corrected chi connectivity index (χ1v) is 5.70. The molecule has 0 aliphatic carbocycles. The number of anilines is 1. The molecule has 2 N–H and O–H groups in total. The number of ether oxygens (including phenoxy) is 1. The van der Waals surface area contributed by atoms with Crippen molar-refractivity contribution in [2.45, 2.75) is 0 Å². The Morgan fingerprint density at radius 2 is 2.25 bits per heavy atom. The molecule has 0 saturated carbocycles. The summed E-state index contributed by atoms with van der Waals surface area (Å²) < 4.78 is 5.88. The van der Waals surface area contributed by atoms with Crippen molar-refractivity contribution in [1.29, 1.82) is 5.26 Å². The molecule has 0 atom stereocenters. The first-order chi connectivity index (χ1) is 7.79. The van der Waals surface area contributed by atoms with Crippen LogP contribution in [0, 0.1) is 11.3 Å². The average Bonchev–Trinajstić information content (AvgIpc) is 2.29. The Morgan fingerprint density at radius 1 is 1.44 bits per heavy atom. The van der Waals surface area contributed by atoms with E-state index in [4.69, 9.17) is 15.1 Å². The molecule has 0 unspecified atom stereocenters. The van der Waals surface area contributed by atoms with Gasteiger partial charge in [0.15, 0.2) is 0 Å². The van der Waals surface area contributed by atoms with Gasteiger partial charge in [-0.15, -0.1) is 0 Å². The maximum atomic E-state index is 8.96. The SMILES string of the molecule is N#Cc1c(Br)cccc1NCCOCCO. The van der Waals surface area contributed by atoms with E-state index < -0.39 is 0 Å². The number of hydrogen-bond donors (Lipinski definition) is 2. The third-order valence-electron chi connectivity index (χ3n) is 1.92. The predicted octanol–water partition coefficient (Wildman–Crippen LogP) is 1.74. The highest BCUT2D eigenvalue weighted by Crippen LogP contribution is 2.23. The van der Waals surface area contributed by atoms with Gasteiger partial charge in [0.1, 0.15) is 6.07 Å². The lowest BCUT2D eigenvalue weighted by atomic mass is 10.2. The van der Waals surface area contributed by atoms with Crippen LogP contribution in [0.1, 0.15) is 5.56 Å². The first-order valence-electron chi connectivity index (χ1n) is 4.90. The topological polar surface area (TPSA) is 65.3 Å². The van der Waals surface area contributed by atoms with Crippen molar-refractivity contribution in [2.24, 2.45) is 0 Å². The summed E-state index contributed by atoms with van der Waals surface area (Å²) in [5.74, 6) is 0. The van der Waals surface area contributed by atoms with Gasteiger partial charge in [-0.25, -0.2) is 0 Å². The number of hydrogen-bond acceptors (Lipinski definition) is 4. The second-order valence-corrected chi connectivity index (χ2v) is 3.89. The zero-order valence-corrected chi connectivity index (χ0v) is 10.3. The molecule has 1 rings (SSSR count). The summed E-state index contributed by atoms with van der Waals surface area (Å²) in [6.45, 7) is 1.47. The van der Waals surface area contributed by atoms with Crippen LogP contribution in [0.25, 0.3) is 0 Å². The lowest BCUT2D eigenvalue weighted by molar-refractivity contribution is 0.0992. The van der Waals surface area contributed by atoms with Crippen molar-refractivity contribution < 1.29 is 9.84 Å². The summed E-state index contributed by atoms with van der Waals surface area (Å²) in [6, 6.07) is 7.66. The Balaban J connectivity index is 2.48. The van der Waals surface area contributed by atoms with Crippen molar-refractivity contribution in [1.82, 2.24) is 0 Å². The number of rotatable bonds is 6. The minimum absolute atomic E-state index is 0.0281. The van der Waals surface area contributed by atoms with E-state index in [0.717, 1.165) is 10.2 Å². The molecule has 86 valence electrons. The lowest BCUT2D eigenvalue weighted by Gasteiger charge is -2.09. The molecule has 1 aromatic carbocycles. The van der Waals surface area contributed by atoms with Gasteiger partial charge in [-0.1, -0.05) is 6.07 Å². The molecule has 0 heterocycles. The predicted molar refractivity (Wildman–Crippen MR) is 65.3 cm³/mol. The van der Waals surface area contributed by atoms with Crippen LogP contribution in [0.3, 0.4) is 0 Å². The summed E-state index contributed by atoms with van der Waals surface area (Å²) in [5, 5.41) is 20.6. The van der Waals surface area contributed by atoms with Crippen LogP contribution in [-0.4, -0.2) is 31.5 Å². The van der Waals surface area contributed by atoms with Gasteiger partial charge >= 0.3 is 0 Å². The van der Waals surface area contributed by atoms with Gasteiger partial charge < -0.3 is 15.2 Å². The highest BCUT2D eigenvalue weighted by atomic mass is 79.9. The van der Waals surface area contributed by atoms with E-state index in [1.807, 2.05) is 18.2 Å². The number of nitriles is 1. The number of aliphatic hydroxyl groups is 1. The first kappa shape index (κ1) is 13.0. The van der Waals surface area contributed by atoms with Crippen LogP contribution in [0.4, 0.5) is 5.69 Å². The summed E-state index contributed by atoms with van der Waals surface area (Å²) in [4.78, 5) is 0. The standard InChI is InChI=1S/C11H13BrN2O2/c12-10-2-1-3-11(9(10)8-13)14-4-6-16-7-5-15/h1-3,14-15H,4-7H2. The minimum atomic E-state index is 0.0281. The summed E-state index contributed by atoms with van der Waals surface area (Å²) in [6.07, 6.45) is 0. The highest BCUT2D eigenvalue weighted by Gasteiger charge is 2.04. The van der Waals surface area contributed by atoms with Crippen molar-refractivity contribution in [3.63, 3.8) is 0 Å². The fourth-order valence-electron chi connectivity index (χ4n) is 1.21. The summed E-state index contributed by atoms with van der Waals surface area (Å²) in [5.41, 5.74) is 1.37. The highest BCUT2D eigenvalue weighted by molar-refractivity contribution is 9.10. The van der Waals surface area contributed by atoms with Crippen LogP contribution in [-0.2, 0) is 4.74 Å². The number of benzene rings is 1. The maximum absolute atomic E-state index is 8.96. The lowest BCUT2D eigenvalue weighted by Crippen LogP contribution is -2.12. The van der Waals surface area contributed by atoms with Crippen LogP contribution in [0.15, 0.2) is 22.7 Å². The average molecular weight is 285 g/mol. The van der Waals surface area contributed by atoms with E-state index >= 15 is 0 Å². The number of nitrogens with zero attached hydrogens (tertiary/aromatic N) is 1. The summed E-state index contributed by atoms with van der Waals surface area (Å²) in [7, 11) is 0. The Morgan fingerprint density at radius 3 is 2.94 bits per heavy atom. The Kier molecular flexibility index (Phi) is 5.86. The zero-order chi connectivity index (χ0) is 11.8. The molecule has 16 heavy (non-hydrogen) atoms. The fourth-order valence-corrected chi connectivity index (χ4v) is 1.66. The molecular formula is C11H13BrN2O2. The van der Waals surface area contributed by atoms with Crippen molar-refractivity contribution in [3.8, 4) is 6.07 Å². The number of halogens is 1.